The van der Waals surface area contributed by atoms with Gasteiger partial charge in [0, 0.05) is 44.3 Å². The molecule has 0 bridgehead atoms. The molecule has 0 radical (unpaired) electrons. The van der Waals surface area contributed by atoms with Crippen molar-refractivity contribution in [3.63, 3.8) is 0 Å². The second-order valence-electron chi connectivity index (χ2n) is 8.21. The highest BCUT2D eigenvalue weighted by Crippen LogP contribution is 2.33. The van der Waals surface area contributed by atoms with E-state index in [1.165, 1.54) is 43.2 Å². The van der Waals surface area contributed by atoms with Crippen molar-refractivity contribution in [2.45, 2.75) is 49.7 Å². The maximum absolute atomic E-state index is 13.1. The fourth-order valence-electron chi connectivity index (χ4n) is 4.45. The molecule has 0 unspecified atom stereocenters. The van der Waals surface area contributed by atoms with E-state index in [0.29, 0.717) is 31.3 Å². The minimum atomic E-state index is -0.231. The summed E-state index contributed by atoms with van der Waals surface area (Å²) in [6.07, 6.45) is 7.99. The first-order chi connectivity index (χ1) is 15.2. The Bertz CT molecular complexity index is 886. The molecule has 166 valence electrons. The van der Waals surface area contributed by atoms with E-state index in [1.807, 2.05) is 11.0 Å². The molecule has 1 aromatic heterocycles. The largest absolute Gasteiger partial charge is 0.368 e. The van der Waals surface area contributed by atoms with Crippen molar-refractivity contribution in [1.82, 2.24) is 19.7 Å². The van der Waals surface area contributed by atoms with Crippen LogP contribution in [0.3, 0.4) is 0 Å². The van der Waals surface area contributed by atoms with E-state index in [1.54, 1.807) is 12.1 Å². The van der Waals surface area contributed by atoms with Gasteiger partial charge in [-0.1, -0.05) is 37.1 Å². The third-order valence-electron chi connectivity index (χ3n) is 6.18. The van der Waals surface area contributed by atoms with Crippen molar-refractivity contribution in [1.29, 1.82) is 0 Å². The molecule has 8 heteroatoms. The van der Waals surface area contributed by atoms with Crippen LogP contribution in [0.15, 0.2) is 42.1 Å². The van der Waals surface area contributed by atoms with Gasteiger partial charge in [0.1, 0.15) is 11.6 Å². The summed E-state index contributed by atoms with van der Waals surface area (Å²) in [7, 11) is 0. The Hall–Kier alpha value is -2.35. The molecule has 1 aliphatic heterocycles. The van der Waals surface area contributed by atoms with Crippen LogP contribution in [-0.2, 0) is 11.3 Å². The number of carbonyl (C=O) groups excluding carboxylic acids is 1. The third kappa shape index (κ3) is 5.29. The number of hydrogen-bond acceptors (Lipinski definition) is 5. The topological polar surface area (TPSA) is 54.3 Å². The zero-order valence-electron chi connectivity index (χ0n) is 17.9. The first kappa shape index (κ1) is 21.9. The van der Waals surface area contributed by atoms with Gasteiger partial charge in [0.2, 0.25) is 5.91 Å². The summed E-state index contributed by atoms with van der Waals surface area (Å²) in [6, 6.07) is 6.53. The lowest BCUT2D eigenvalue weighted by atomic mass is 9.89. The number of carbonyl (C=O) groups is 1. The van der Waals surface area contributed by atoms with E-state index in [4.69, 9.17) is 0 Å². The van der Waals surface area contributed by atoms with Gasteiger partial charge in [-0.2, -0.15) is 0 Å². The summed E-state index contributed by atoms with van der Waals surface area (Å²) in [6.45, 7) is 7.40. The van der Waals surface area contributed by atoms with Gasteiger partial charge in [-0.3, -0.25) is 4.79 Å². The van der Waals surface area contributed by atoms with Crippen molar-refractivity contribution in [3.05, 3.63) is 48.6 Å². The molecule has 6 nitrogen and oxygen atoms in total. The Kier molecular flexibility index (Phi) is 7.27. The van der Waals surface area contributed by atoms with Gasteiger partial charge < -0.3 is 14.4 Å². The number of hydrogen-bond donors (Lipinski definition) is 0. The number of aromatic nitrogens is 3. The average Bonchev–Trinajstić information content (AvgIpc) is 3.21. The van der Waals surface area contributed by atoms with Crippen molar-refractivity contribution in [2.24, 2.45) is 0 Å². The van der Waals surface area contributed by atoms with Gasteiger partial charge in [-0.15, -0.1) is 16.8 Å². The Morgan fingerprint density at radius 1 is 1.10 bits per heavy atom. The number of allylic oxidation sites excluding steroid dienone is 1. The van der Waals surface area contributed by atoms with Gasteiger partial charge >= 0.3 is 0 Å². The second kappa shape index (κ2) is 10.3. The molecule has 2 aliphatic rings. The van der Waals surface area contributed by atoms with Crippen LogP contribution in [0.1, 0.15) is 43.8 Å². The summed E-state index contributed by atoms with van der Waals surface area (Å²) in [5, 5.41) is 9.69. The van der Waals surface area contributed by atoms with Crippen molar-refractivity contribution >= 4 is 23.4 Å². The Balaban J connectivity index is 1.32. The summed E-state index contributed by atoms with van der Waals surface area (Å²) < 4.78 is 15.3. The highest BCUT2D eigenvalue weighted by Gasteiger charge is 2.25. The van der Waals surface area contributed by atoms with Gasteiger partial charge in [-0.25, -0.2) is 4.39 Å². The van der Waals surface area contributed by atoms with E-state index in [-0.39, 0.29) is 11.7 Å². The summed E-state index contributed by atoms with van der Waals surface area (Å²) in [4.78, 5) is 16.9. The molecule has 1 saturated heterocycles. The number of thioether (sulfide) groups is 1. The first-order valence-electron chi connectivity index (χ1n) is 11.1. The minimum absolute atomic E-state index is 0.121. The predicted octanol–water partition coefficient (Wildman–Crippen LogP) is 4.09. The number of anilines is 1. The number of benzene rings is 1. The van der Waals surface area contributed by atoms with E-state index in [0.717, 1.165) is 42.6 Å². The van der Waals surface area contributed by atoms with E-state index in [9.17, 15) is 9.18 Å². The molecular formula is C23H30FN5OS. The van der Waals surface area contributed by atoms with Gasteiger partial charge in [0.15, 0.2) is 5.16 Å². The predicted molar refractivity (Wildman–Crippen MR) is 122 cm³/mol. The maximum Gasteiger partial charge on any atom is 0.233 e. The zero-order valence-corrected chi connectivity index (χ0v) is 18.7. The number of amides is 1. The summed E-state index contributed by atoms with van der Waals surface area (Å²) >= 11 is 1.47. The number of halogens is 1. The lowest BCUT2D eigenvalue weighted by Crippen LogP contribution is -2.49. The molecule has 0 spiro atoms. The van der Waals surface area contributed by atoms with Crippen LogP contribution in [-0.4, -0.2) is 57.5 Å². The molecule has 0 atom stereocenters. The molecule has 1 aromatic carbocycles. The lowest BCUT2D eigenvalue weighted by molar-refractivity contribution is -0.128. The maximum atomic E-state index is 13.1. The van der Waals surface area contributed by atoms with E-state index in [2.05, 4.69) is 26.2 Å². The fraction of sp³-hybridized carbons (Fsp3) is 0.522. The van der Waals surface area contributed by atoms with Gasteiger partial charge in [-0.05, 0) is 37.1 Å². The van der Waals surface area contributed by atoms with Crippen molar-refractivity contribution < 1.29 is 9.18 Å². The van der Waals surface area contributed by atoms with Crippen LogP contribution in [0.4, 0.5) is 10.1 Å². The molecule has 31 heavy (non-hydrogen) atoms. The normalized spacial score (nSPS) is 17.7. The quantitative estimate of drug-likeness (QED) is 0.477. The van der Waals surface area contributed by atoms with E-state index >= 15 is 0 Å². The van der Waals surface area contributed by atoms with Gasteiger partial charge in [0.25, 0.3) is 0 Å². The fourth-order valence-corrected chi connectivity index (χ4v) is 5.31. The molecule has 1 aliphatic carbocycles. The molecule has 4 rings (SSSR count). The van der Waals surface area contributed by atoms with Crippen LogP contribution in [0.5, 0.6) is 0 Å². The summed E-state index contributed by atoms with van der Waals surface area (Å²) in [5.74, 6) is 1.76. The second-order valence-corrected chi connectivity index (χ2v) is 9.15. The van der Waals surface area contributed by atoms with Crippen LogP contribution in [0, 0.1) is 5.82 Å². The molecule has 1 amide bonds. The number of rotatable bonds is 7. The Morgan fingerprint density at radius 2 is 1.81 bits per heavy atom. The number of piperazine rings is 1. The Labute approximate surface area is 187 Å². The molecular weight excluding hydrogens is 413 g/mol. The van der Waals surface area contributed by atoms with E-state index < -0.39 is 0 Å². The molecule has 1 saturated carbocycles. The van der Waals surface area contributed by atoms with Crippen molar-refractivity contribution in [3.8, 4) is 0 Å². The minimum Gasteiger partial charge on any atom is -0.368 e. The summed E-state index contributed by atoms with van der Waals surface area (Å²) in [5.41, 5.74) is 0.996. The van der Waals surface area contributed by atoms with Crippen LogP contribution < -0.4 is 4.90 Å². The Morgan fingerprint density at radius 3 is 2.48 bits per heavy atom. The average molecular weight is 444 g/mol. The standard InChI is InChI=1S/C23H30FN5OS/c1-2-12-29-22(18-6-4-3-5-7-18)25-26-23(29)31-17-21(30)28-15-13-27(14-16-28)20-10-8-19(24)9-11-20/h2,8-11,18H,1,3-7,12-17H2. The van der Waals surface area contributed by atoms with Crippen LogP contribution >= 0.6 is 11.8 Å². The molecule has 0 N–H and O–H groups in total. The number of nitrogens with zero attached hydrogens (tertiary/aromatic N) is 5. The molecule has 2 aromatic rings. The smallest absolute Gasteiger partial charge is 0.233 e. The highest BCUT2D eigenvalue weighted by atomic mass is 32.2. The first-order valence-corrected chi connectivity index (χ1v) is 12.1. The van der Waals surface area contributed by atoms with Crippen LogP contribution in [0.2, 0.25) is 0 Å². The third-order valence-corrected chi connectivity index (χ3v) is 7.13. The molecule has 2 heterocycles. The zero-order chi connectivity index (χ0) is 21.6. The molecule has 2 fully saturated rings. The SMILES string of the molecule is C=CCn1c(SCC(=O)N2CCN(c3ccc(F)cc3)CC2)nnc1C1CCCCC1. The van der Waals surface area contributed by atoms with Crippen LogP contribution in [0.25, 0.3) is 0 Å². The van der Waals surface area contributed by atoms with Crippen molar-refractivity contribution in [2.75, 3.05) is 36.8 Å². The van der Waals surface area contributed by atoms with Gasteiger partial charge in [0.05, 0.1) is 5.75 Å². The lowest BCUT2D eigenvalue weighted by Gasteiger charge is -2.36. The highest BCUT2D eigenvalue weighted by molar-refractivity contribution is 7.99. The monoisotopic (exact) mass is 443 g/mol.